The number of ether oxygens (including phenoxy) is 2. The number of alkyl halides is 1. The summed E-state index contributed by atoms with van der Waals surface area (Å²) in [5.41, 5.74) is 11.0. The van der Waals surface area contributed by atoms with E-state index in [1.54, 1.807) is 116 Å². The summed E-state index contributed by atoms with van der Waals surface area (Å²) < 4.78 is 139. The summed E-state index contributed by atoms with van der Waals surface area (Å²) in [4.78, 5) is 70.2. The Balaban J connectivity index is 0.000000129. The van der Waals surface area contributed by atoms with Crippen molar-refractivity contribution in [3.8, 4) is 56.5 Å². The predicted octanol–water partition coefficient (Wildman–Crippen LogP) is 16.8. The zero-order chi connectivity index (χ0) is 95.6. The van der Waals surface area contributed by atoms with Gasteiger partial charge in [-0.15, -0.1) is 0 Å². The van der Waals surface area contributed by atoms with E-state index in [9.17, 15) is 71.8 Å². The number of hydrogen-bond donors (Lipinski definition) is 2. The molecule has 4 aromatic carbocycles. The molecule has 1 unspecified atom stereocenters. The van der Waals surface area contributed by atoms with Gasteiger partial charge < -0.3 is 19.7 Å². The second kappa shape index (κ2) is 35.2. The molecular weight excluding hydrogens is 1780 g/mol. The zero-order valence-electron chi connectivity index (χ0n) is 77.4. The fraction of sp³-hybridized carbons (Fsp3) is 0.475. The van der Waals surface area contributed by atoms with Gasteiger partial charge >= 0.3 is 0 Å². The normalized spacial score (nSPS) is 19.1. The van der Waals surface area contributed by atoms with Crippen molar-refractivity contribution < 1.29 is 81.3 Å². The first-order valence-corrected chi connectivity index (χ1v) is 52.4. The molecule has 4 aliphatic heterocycles. The first kappa shape index (κ1) is 95.4. The number of ketones is 4. The van der Waals surface area contributed by atoms with E-state index in [-0.39, 0.29) is 132 Å². The third-order valence-corrected chi connectivity index (χ3v) is 34.6. The molecule has 2 N–H and O–H groups in total. The van der Waals surface area contributed by atoms with Gasteiger partial charge in [-0.25, -0.2) is 42.5 Å². The third kappa shape index (κ3) is 21.6. The summed E-state index contributed by atoms with van der Waals surface area (Å²) in [6.45, 7) is 26.1. The molecule has 12 aromatic rings. The lowest BCUT2D eigenvalue weighted by Gasteiger charge is -2.37. The van der Waals surface area contributed by atoms with Crippen LogP contribution in [0.3, 0.4) is 0 Å². The van der Waals surface area contributed by atoms with E-state index < -0.39 is 84.4 Å². The van der Waals surface area contributed by atoms with Crippen molar-refractivity contribution in [3.05, 3.63) is 179 Å². The van der Waals surface area contributed by atoms with Crippen LogP contribution in [0.4, 0.5) is 8.78 Å². The van der Waals surface area contributed by atoms with Gasteiger partial charge in [0.15, 0.2) is 62.5 Å². The molecule has 0 spiro atoms. The summed E-state index contributed by atoms with van der Waals surface area (Å²) >= 11 is 0. The van der Waals surface area contributed by atoms with Gasteiger partial charge in [0.05, 0.1) is 98.5 Å². The molecule has 3 aliphatic carbocycles. The minimum atomic E-state index is -3.06. The Labute approximate surface area is 773 Å². The summed E-state index contributed by atoms with van der Waals surface area (Å²) in [5, 5.41) is 39.8. The molecule has 0 amide bonds. The van der Waals surface area contributed by atoms with Gasteiger partial charge in [0.1, 0.15) is 62.2 Å². The molecule has 7 fully saturated rings. The minimum absolute atomic E-state index is 0.00188. The fourth-order valence-electron chi connectivity index (χ4n) is 18.9. The number of rotatable bonds is 28. The van der Waals surface area contributed by atoms with Gasteiger partial charge in [0.25, 0.3) is 0 Å². The largest absolute Gasteiger partial charge is 0.490 e. The molecule has 8 aromatic heterocycles. The molecule has 0 bridgehead atoms. The summed E-state index contributed by atoms with van der Waals surface area (Å²) in [6.07, 6.45) is 13.4. The second-order valence-corrected chi connectivity index (χ2v) is 49.8. The van der Waals surface area contributed by atoms with Crippen molar-refractivity contribution in [2.75, 3.05) is 46.0 Å². The van der Waals surface area contributed by atoms with Gasteiger partial charge in [-0.1, -0.05) is 83.1 Å². The number of aliphatic hydroxyl groups is 2. The van der Waals surface area contributed by atoms with E-state index in [1.165, 1.54) is 62.2 Å². The number of nitrogens with zero attached hydrogens (tertiary/aromatic N) is 12. The molecule has 12 heterocycles. The molecular formula is C99H114F2N12O16S4. The van der Waals surface area contributed by atoms with E-state index in [1.807, 2.05) is 57.5 Å². The Morgan fingerprint density at radius 1 is 0.451 bits per heavy atom. The van der Waals surface area contributed by atoms with Crippen molar-refractivity contribution >= 4 is 107 Å². The van der Waals surface area contributed by atoms with Crippen LogP contribution >= 0.6 is 0 Å². The smallest absolute Gasteiger partial charge is 0.235 e. The number of aromatic nitrogens is 12. The highest BCUT2D eigenvalue weighted by Crippen LogP contribution is 2.50. The van der Waals surface area contributed by atoms with Crippen LogP contribution in [0.1, 0.15) is 238 Å². The molecule has 133 heavy (non-hydrogen) atoms. The zero-order valence-corrected chi connectivity index (χ0v) is 80.6. The monoisotopic (exact) mass is 1890 g/mol. The molecule has 1 atom stereocenters. The number of fused-ring (bicyclic) bond motifs is 4. The summed E-state index contributed by atoms with van der Waals surface area (Å²) in [6, 6.07) is 35.5. The summed E-state index contributed by atoms with van der Waals surface area (Å²) in [5.74, 6) is 0.849. The van der Waals surface area contributed by atoms with Crippen LogP contribution in [0.2, 0.25) is 0 Å². The van der Waals surface area contributed by atoms with Crippen LogP contribution in [0.15, 0.2) is 140 Å². The van der Waals surface area contributed by atoms with E-state index >= 15 is 0 Å². The predicted molar refractivity (Wildman–Crippen MR) is 506 cm³/mol. The SMILES string of the molecule is CC(C)(O)Cn1nc(-c2cccc(C3CC3)c2)c2ncc(C(=O)CC3(C)CS(=O)(=O)C3)cc21.CC(C)n1nc(-c2cc(OC3CCC3)ccc2F)c2ncc(C(=O)CC3(C)CS(=O)(=O)C3)cc21.CC(C)n1nc(-c2cccc(C3(C)CC3)c2)c2ncc(C(=O)CC3(C)CS(=O)(=O)C3)cc21.CC(F)Oc1cccc(-c2nn(CC(C)(C)O)c3cc(C(=O)CC4(C)CS(=O)(=O)C4)cnc23)c1. The van der Waals surface area contributed by atoms with Crippen LogP contribution in [-0.4, -0.2) is 196 Å². The van der Waals surface area contributed by atoms with Crippen molar-refractivity contribution in [2.24, 2.45) is 21.7 Å². The number of Topliss-reactive ketones (excluding diaryl/α,β-unsaturated/α-hetero) is 4. The van der Waals surface area contributed by atoms with E-state index in [0.29, 0.717) is 95.3 Å². The standard InChI is InChI=1S/C25H28FN3O4S.C25H29N3O4S.C25H29N3O3S.C24H28FN3O5S/c1-15(2)29-21-9-16(22(30)11-25(3)13-34(31,32)14-25)12-27-24(21)23(28-29)19-10-18(7-8-20(19)26)33-17-5-4-6-17;1-24(2,30)13-28-20-10-19(21(29)11-25(3)14-33(31,32)15-25)12-26-23(20)22(27-28)18-6-4-5-17(9-18)16-7-8-16;1-16(2)28-20-11-18(21(29)12-24(3)14-32(30,31)15-24)13-26-23(20)22(27-28)17-6-5-7-19(10-17)25(4)8-9-25;1-15(25)33-18-7-5-6-16(8-18)21-22-19(28(27-21)12-23(2,3)30)9-17(11-26-22)20(29)10-24(4)13-34(31,32)14-24/h7-10,12,15,17H,4-6,11,13-14H2,1-3H3;4-6,9-10,12,16,30H,7-8,11,13-15H2,1-3H3;5-7,10-11,13,16H,8-9,12,14-15H2,1-4H3;5-9,11,15,30H,10,12-14H2,1-4H3. The Morgan fingerprint density at radius 2 is 0.820 bits per heavy atom. The van der Waals surface area contributed by atoms with Crippen LogP contribution in [0.5, 0.6) is 11.5 Å². The van der Waals surface area contributed by atoms with Crippen LogP contribution in [-0.2, 0) is 57.9 Å². The van der Waals surface area contributed by atoms with Crippen molar-refractivity contribution in [1.29, 1.82) is 0 Å². The Bertz CT molecular complexity index is 7110. The van der Waals surface area contributed by atoms with E-state index in [2.05, 4.69) is 87.3 Å². The van der Waals surface area contributed by atoms with Gasteiger partial charge in [0.2, 0.25) is 6.36 Å². The average Bonchev–Trinajstić information content (AvgIpc) is 1.69. The molecule has 19 rings (SSSR count). The van der Waals surface area contributed by atoms with Crippen molar-refractivity contribution in [3.63, 3.8) is 0 Å². The maximum Gasteiger partial charge on any atom is 0.235 e. The number of pyridine rings is 4. The topological polar surface area (TPSA) is 387 Å². The molecule has 28 nitrogen and oxygen atoms in total. The van der Waals surface area contributed by atoms with E-state index in [4.69, 9.17) is 19.7 Å². The number of hydrogen-bond acceptors (Lipinski definition) is 24. The Kier molecular flexibility index (Phi) is 25.2. The van der Waals surface area contributed by atoms with Crippen molar-refractivity contribution in [2.45, 2.75) is 228 Å². The van der Waals surface area contributed by atoms with Gasteiger partial charge in [0, 0.05) is 136 Å². The van der Waals surface area contributed by atoms with E-state index in [0.717, 1.165) is 52.8 Å². The van der Waals surface area contributed by atoms with Gasteiger partial charge in [-0.05, 0) is 190 Å². The maximum absolute atomic E-state index is 14.9. The van der Waals surface area contributed by atoms with Crippen molar-refractivity contribution in [1.82, 2.24) is 59.1 Å². The molecule has 34 heteroatoms. The maximum atomic E-state index is 14.9. The number of sulfone groups is 4. The third-order valence-electron chi connectivity index (χ3n) is 25.5. The molecule has 7 aliphatic rings. The number of carbonyl (C=O) groups is 4. The van der Waals surface area contributed by atoms with Crippen LogP contribution in [0, 0.1) is 27.5 Å². The first-order valence-electron chi connectivity index (χ1n) is 45.2. The molecule has 0 radical (unpaired) electrons. The quantitative estimate of drug-likeness (QED) is 0.0430. The number of halogens is 2. The van der Waals surface area contributed by atoms with Gasteiger partial charge in [-0.3, -0.25) is 57.8 Å². The Morgan fingerprint density at radius 3 is 1.20 bits per heavy atom. The molecule has 3 saturated carbocycles. The van der Waals surface area contributed by atoms with Gasteiger partial charge in [-0.2, -0.15) is 20.4 Å². The highest BCUT2D eigenvalue weighted by atomic mass is 32.2. The molecule has 704 valence electrons. The number of benzene rings is 4. The Hall–Kier alpha value is -10.8. The van der Waals surface area contributed by atoms with Crippen LogP contribution < -0.4 is 9.47 Å². The second-order valence-electron chi connectivity index (χ2n) is 41.6. The number of carbonyl (C=O) groups excluding carboxylic acids is 4. The average molecular weight is 1890 g/mol. The molecule has 4 saturated heterocycles. The lowest BCUT2D eigenvalue weighted by molar-refractivity contribution is 0.0585. The lowest BCUT2D eigenvalue weighted by atomic mass is 9.86. The van der Waals surface area contributed by atoms with Crippen LogP contribution in [0.25, 0.3) is 89.2 Å². The highest BCUT2D eigenvalue weighted by molar-refractivity contribution is 7.93. The fourth-order valence-corrected chi connectivity index (χ4v) is 27.9. The minimum Gasteiger partial charge on any atom is -0.490 e. The highest BCUT2D eigenvalue weighted by Gasteiger charge is 2.50. The lowest BCUT2D eigenvalue weighted by Crippen LogP contribution is -2.47. The first-order chi connectivity index (χ1) is 62.2. The summed E-state index contributed by atoms with van der Waals surface area (Å²) in [7, 11) is -12.1.